The quantitative estimate of drug-likeness (QED) is 0.412. The van der Waals surface area contributed by atoms with E-state index in [0.29, 0.717) is 17.4 Å². The van der Waals surface area contributed by atoms with Crippen LogP contribution in [0.1, 0.15) is 48.5 Å². The summed E-state index contributed by atoms with van der Waals surface area (Å²) in [5, 5.41) is 9.73. The Hall–Kier alpha value is -2.67. The molecule has 1 aromatic carbocycles. The van der Waals surface area contributed by atoms with Crippen LogP contribution in [-0.4, -0.2) is 38.4 Å². The lowest BCUT2D eigenvalue weighted by molar-refractivity contribution is 0.102. The van der Waals surface area contributed by atoms with Crippen molar-refractivity contribution in [1.82, 2.24) is 19.7 Å². The second-order valence-electron chi connectivity index (χ2n) is 7.14. The molecule has 1 fully saturated rings. The molecule has 4 rings (SSSR count). The summed E-state index contributed by atoms with van der Waals surface area (Å²) in [5.74, 6) is 2.00. The van der Waals surface area contributed by atoms with Crippen molar-refractivity contribution in [3.8, 4) is 17.1 Å². The van der Waals surface area contributed by atoms with Gasteiger partial charge in [0.05, 0.1) is 12.9 Å². The average molecular weight is 409 g/mol. The van der Waals surface area contributed by atoms with Gasteiger partial charge in [-0.25, -0.2) is 0 Å². The molecule has 7 heteroatoms. The molecule has 150 valence electrons. The Morgan fingerprint density at radius 2 is 1.79 bits per heavy atom. The first kappa shape index (κ1) is 19.6. The molecule has 0 saturated heterocycles. The van der Waals surface area contributed by atoms with Gasteiger partial charge in [0.2, 0.25) is 0 Å². The maximum Gasteiger partial charge on any atom is 0.192 e. The normalized spacial score (nSPS) is 14.7. The van der Waals surface area contributed by atoms with Crippen molar-refractivity contribution in [2.75, 3.05) is 12.9 Å². The fourth-order valence-corrected chi connectivity index (χ4v) is 4.63. The van der Waals surface area contributed by atoms with E-state index in [1.54, 1.807) is 31.6 Å². The van der Waals surface area contributed by atoms with E-state index in [4.69, 9.17) is 4.74 Å². The van der Waals surface area contributed by atoms with Gasteiger partial charge in [0.1, 0.15) is 5.75 Å². The molecule has 1 saturated carbocycles. The topological polar surface area (TPSA) is 69.9 Å². The third-order valence-corrected chi connectivity index (χ3v) is 6.23. The zero-order valence-electron chi connectivity index (χ0n) is 16.5. The minimum atomic E-state index is 0.0707. The van der Waals surface area contributed by atoms with Gasteiger partial charge in [-0.05, 0) is 49.2 Å². The maximum absolute atomic E-state index is 12.7. The van der Waals surface area contributed by atoms with Gasteiger partial charge in [-0.2, -0.15) is 0 Å². The Balaban J connectivity index is 1.56. The predicted octanol–water partition coefficient (Wildman–Crippen LogP) is 4.83. The summed E-state index contributed by atoms with van der Waals surface area (Å²) in [5.41, 5.74) is 1.68. The van der Waals surface area contributed by atoms with E-state index in [-0.39, 0.29) is 5.78 Å². The zero-order valence-corrected chi connectivity index (χ0v) is 17.3. The van der Waals surface area contributed by atoms with Gasteiger partial charge in [-0.1, -0.05) is 31.0 Å². The van der Waals surface area contributed by atoms with Crippen LogP contribution in [0.5, 0.6) is 5.75 Å². The number of thioether (sulfide) groups is 1. The van der Waals surface area contributed by atoms with Crippen LogP contribution in [0.3, 0.4) is 0 Å². The number of carbonyl (C=O) groups is 1. The van der Waals surface area contributed by atoms with Gasteiger partial charge in [-0.3, -0.25) is 14.3 Å². The summed E-state index contributed by atoms with van der Waals surface area (Å²) in [4.78, 5) is 16.8. The highest BCUT2D eigenvalue weighted by Gasteiger charge is 2.24. The van der Waals surface area contributed by atoms with E-state index < -0.39 is 0 Å². The van der Waals surface area contributed by atoms with E-state index in [1.165, 1.54) is 31.0 Å². The van der Waals surface area contributed by atoms with Crippen molar-refractivity contribution < 1.29 is 9.53 Å². The van der Waals surface area contributed by atoms with Gasteiger partial charge in [-0.15, -0.1) is 10.2 Å². The highest BCUT2D eigenvalue weighted by Crippen LogP contribution is 2.35. The van der Waals surface area contributed by atoms with E-state index >= 15 is 0 Å². The summed E-state index contributed by atoms with van der Waals surface area (Å²) in [6, 6.07) is 11.5. The second-order valence-corrected chi connectivity index (χ2v) is 8.09. The van der Waals surface area contributed by atoms with E-state index in [2.05, 4.69) is 19.7 Å². The number of Topliss-reactive ketones (excluding diaryl/α,β-unsaturated/α-hetero) is 1. The number of nitrogens with zero attached hydrogens (tertiary/aromatic N) is 4. The maximum atomic E-state index is 12.7. The number of rotatable bonds is 7. The van der Waals surface area contributed by atoms with Gasteiger partial charge < -0.3 is 4.74 Å². The number of carbonyl (C=O) groups excluding carboxylic acids is 1. The molecule has 0 radical (unpaired) electrons. The lowest BCUT2D eigenvalue weighted by Crippen LogP contribution is -2.15. The van der Waals surface area contributed by atoms with Gasteiger partial charge in [0, 0.05) is 29.6 Å². The minimum absolute atomic E-state index is 0.0707. The number of hydrogen-bond acceptors (Lipinski definition) is 6. The van der Waals surface area contributed by atoms with Gasteiger partial charge in [0.15, 0.2) is 16.8 Å². The van der Waals surface area contributed by atoms with Crippen molar-refractivity contribution in [3.05, 3.63) is 54.4 Å². The molecule has 2 aromatic heterocycles. The summed E-state index contributed by atoms with van der Waals surface area (Å²) < 4.78 is 7.40. The largest absolute Gasteiger partial charge is 0.497 e. The van der Waals surface area contributed by atoms with Crippen molar-refractivity contribution in [3.63, 3.8) is 0 Å². The Bertz CT molecular complexity index is 951. The van der Waals surface area contributed by atoms with Crippen LogP contribution in [-0.2, 0) is 0 Å². The van der Waals surface area contributed by atoms with Crippen molar-refractivity contribution in [2.45, 2.75) is 43.3 Å². The molecule has 1 aliphatic carbocycles. The zero-order chi connectivity index (χ0) is 20.1. The number of pyridine rings is 1. The second kappa shape index (κ2) is 9.22. The smallest absolute Gasteiger partial charge is 0.192 e. The molecule has 2 heterocycles. The number of methoxy groups -OCH3 is 1. The first-order valence-corrected chi connectivity index (χ1v) is 10.9. The molecular weight excluding hydrogens is 384 g/mol. The van der Waals surface area contributed by atoms with Gasteiger partial charge in [0.25, 0.3) is 0 Å². The number of ketones is 1. The standard InChI is InChI=1S/C22H24N4O2S/c1-28-19-9-7-16(8-10-19)20(27)15-29-22-25-24-21(17-11-13-23-14-12-17)26(22)18-5-3-2-4-6-18/h7-14,18H,2-6,15H2,1H3. The highest BCUT2D eigenvalue weighted by atomic mass is 32.2. The van der Waals surface area contributed by atoms with Crippen LogP contribution in [0.2, 0.25) is 0 Å². The van der Waals surface area contributed by atoms with Crippen LogP contribution in [0.25, 0.3) is 11.4 Å². The molecule has 0 atom stereocenters. The molecule has 0 spiro atoms. The molecule has 0 amide bonds. The Kier molecular flexibility index (Phi) is 6.24. The molecule has 3 aromatic rings. The first-order valence-electron chi connectivity index (χ1n) is 9.91. The third-order valence-electron chi connectivity index (χ3n) is 5.29. The Morgan fingerprint density at radius 3 is 2.48 bits per heavy atom. The van der Waals surface area contributed by atoms with Crippen molar-refractivity contribution in [1.29, 1.82) is 0 Å². The number of ether oxygens (including phenoxy) is 1. The third kappa shape index (κ3) is 4.50. The molecule has 29 heavy (non-hydrogen) atoms. The van der Waals surface area contributed by atoms with E-state index in [1.807, 2.05) is 24.3 Å². The summed E-state index contributed by atoms with van der Waals surface area (Å²) in [6.45, 7) is 0. The lowest BCUT2D eigenvalue weighted by atomic mass is 9.95. The molecule has 0 bridgehead atoms. The Morgan fingerprint density at radius 1 is 1.07 bits per heavy atom. The summed E-state index contributed by atoms with van der Waals surface area (Å²) in [6.07, 6.45) is 9.50. The number of benzene rings is 1. The van der Waals surface area contributed by atoms with E-state index in [9.17, 15) is 4.79 Å². The monoisotopic (exact) mass is 408 g/mol. The Labute approximate surface area is 174 Å². The SMILES string of the molecule is COc1ccc(C(=O)CSc2nnc(-c3ccncc3)n2C2CCCCC2)cc1. The summed E-state index contributed by atoms with van der Waals surface area (Å²) in [7, 11) is 1.62. The molecule has 0 unspecified atom stereocenters. The number of hydrogen-bond donors (Lipinski definition) is 0. The molecule has 1 aliphatic rings. The van der Waals surface area contributed by atoms with Crippen LogP contribution in [0.4, 0.5) is 0 Å². The fourth-order valence-electron chi connectivity index (χ4n) is 3.73. The van der Waals surface area contributed by atoms with Crippen molar-refractivity contribution >= 4 is 17.5 Å². The van der Waals surface area contributed by atoms with E-state index in [0.717, 1.165) is 35.1 Å². The minimum Gasteiger partial charge on any atom is -0.497 e. The predicted molar refractivity (Wildman–Crippen MR) is 113 cm³/mol. The van der Waals surface area contributed by atoms with Crippen LogP contribution in [0, 0.1) is 0 Å². The first-order chi connectivity index (χ1) is 14.3. The summed E-state index contributed by atoms with van der Waals surface area (Å²) >= 11 is 1.46. The average Bonchev–Trinajstić information content (AvgIpc) is 3.22. The molecule has 6 nitrogen and oxygen atoms in total. The van der Waals surface area contributed by atoms with Crippen molar-refractivity contribution in [2.24, 2.45) is 0 Å². The lowest BCUT2D eigenvalue weighted by Gasteiger charge is -2.25. The van der Waals surface area contributed by atoms with Gasteiger partial charge >= 0.3 is 0 Å². The molecule has 0 N–H and O–H groups in total. The molecular formula is C22H24N4O2S. The fraction of sp³-hybridized carbons (Fsp3) is 0.364. The number of aromatic nitrogens is 4. The highest BCUT2D eigenvalue weighted by molar-refractivity contribution is 7.99. The van der Waals surface area contributed by atoms with Crippen LogP contribution >= 0.6 is 11.8 Å². The molecule has 0 aliphatic heterocycles. The van der Waals surface area contributed by atoms with Crippen LogP contribution in [0.15, 0.2) is 53.9 Å². The van der Waals surface area contributed by atoms with Crippen LogP contribution < -0.4 is 4.74 Å².